The molecule has 2 N–H and O–H groups in total. The molecule has 1 saturated heterocycles. The quantitative estimate of drug-likeness (QED) is 0.235. The molecule has 0 saturated carbocycles. The van der Waals surface area contributed by atoms with E-state index in [0.717, 1.165) is 4.31 Å². The fourth-order valence-electron chi connectivity index (χ4n) is 3.47. The van der Waals surface area contributed by atoms with Gasteiger partial charge in [-0.05, 0) is 17.9 Å². The molecule has 0 bridgehead atoms. The van der Waals surface area contributed by atoms with Crippen LogP contribution in [-0.4, -0.2) is 77.3 Å². The number of benzene rings is 1. The molecule has 1 aliphatic heterocycles. The first-order valence-corrected chi connectivity index (χ1v) is 13.4. The van der Waals surface area contributed by atoms with Crippen molar-refractivity contribution >= 4 is 50.3 Å². The minimum atomic E-state index is -4.43. The van der Waals surface area contributed by atoms with E-state index in [1.54, 1.807) is 52.9 Å². The van der Waals surface area contributed by atoms with E-state index in [2.05, 4.69) is 0 Å². The van der Waals surface area contributed by atoms with E-state index in [9.17, 15) is 22.8 Å². The second-order valence-electron chi connectivity index (χ2n) is 8.02. The van der Waals surface area contributed by atoms with E-state index in [-0.39, 0.29) is 49.5 Å². The Kier molecular flexibility index (Phi) is 10.2. The molecular formula is C21H30IN3O6S. The Hall–Kier alpha value is -1.41. The first-order chi connectivity index (χ1) is 15.1. The largest absolute Gasteiger partial charge is 0.379 e. The van der Waals surface area contributed by atoms with E-state index in [1.807, 2.05) is 13.8 Å². The highest BCUT2D eigenvalue weighted by atomic mass is 127. The Bertz CT molecular complexity index is 903. The number of nitrogens with two attached hydrogens (primary N) is 1. The molecule has 1 aromatic carbocycles. The number of hydrogen-bond acceptors (Lipinski definition) is 7. The van der Waals surface area contributed by atoms with Crippen molar-refractivity contribution in [2.24, 2.45) is 11.7 Å². The van der Waals surface area contributed by atoms with Gasteiger partial charge in [0, 0.05) is 19.5 Å². The first kappa shape index (κ1) is 26.8. The van der Waals surface area contributed by atoms with Gasteiger partial charge in [-0.2, -0.15) is 12.7 Å². The number of carbonyl (C=O) groups is 3. The lowest BCUT2D eigenvalue weighted by Crippen LogP contribution is -2.60. The maximum atomic E-state index is 13.6. The number of nitrogens with zero attached hydrogens (tertiary/aromatic N) is 2. The Balaban J connectivity index is 2.57. The predicted molar refractivity (Wildman–Crippen MR) is 128 cm³/mol. The molecular weight excluding hydrogens is 549 g/mol. The topological polar surface area (TPSA) is 127 Å². The van der Waals surface area contributed by atoms with Crippen molar-refractivity contribution in [1.29, 1.82) is 0 Å². The zero-order valence-electron chi connectivity index (χ0n) is 18.3. The molecule has 1 amide bonds. The van der Waals surface area contributed by atoms with Crippen LogP contribution in [-0.2, 0) is 35.8 Å². The zero-order chi connectivity index (χ0) is 23.9. The molecule has 0 unspecified atom stereocenters. The van der Waals surface area contributed by atoms with E-state index >= 15 is 0 Å². The number of alkyl halides is 1. The number of ketones is 2. The van der Waals surface area contributed by atoms with Gasteiger partial charge in [-0.15, -0.1) is 0 Å². The second kappa shape index (κ2) is 12.2. The van der Waals surface area contributed by atoms with Crippen LogP contribution in [0.4, 0.5) is 0 Å². The fraction of sp³-hybridized carbons (Fsp3) is 0.571. The highest BCUT2D eigenvalue weighted by molar-refractivity contribution is 14.1. The van der Waals surface area contributed by atoms with Crippen LogP contribution in [0.15, 0.2) is 30.3 Å². The van der Waals surface area contributed by atoms with Gasteiger partial charge in [0.2, 0.25) is 11.6 Å². The summed E-state index contributed by atoms with van der Waals surface area (Å²) >= 11 is 1.75. The van der Waals surface area contributed by atoms with Gasteiger partial charge < -0.3 is 10.5 Å². The molecule has 1 aliphatic rings. The molecule has 0 aliphatic carbocycles. The van der Waals surface area contributed by atoms with E-state index in [1.165, 1.54) is 0 Å². The number of Topliss-reactive ketones (excluding diaryl/α,β-unsaturated/α-hetero) is 2. The average Bonchev–Trinajstić information content (AvgIpc) is 2.78. The van der Waals surface area contributed by atoms with E-state index in [0.29, 0.717) is 9.87 Å². The molecule has 0 radical (unpaired) electrons. The third kappa shape index (κ3) is 6.80. The number of halogens is 1. The van der Waals surface area contributed by atoms with Crippen LogP contribution in [0.25, 0.3) is 0 Å². The highest BCUT2D eigenvalue weighted by Crippen LogP contribution is 2.22. The smallest absolute Gasteiger partial charge is 0.307 e. The maximum absolute atomic E-state index is 13.6. The lowest BCUT2D eigenvalue weighted by atomic mass is 9.98. The molecule has 2 atom stereocenters. The van der Waals surface area contributed by atoms with Gasteiger partial charge in [0.05, 0.1) is 23.7 Å². The van der Waals surface area contributed by atoms with Crippen LogP contribution in [0, 0.1) is 5.92 Å². The minimum absolute atomic E-state index is 0.0288. The molecule has 178 valence electrons. The van der Waals surface area contributed by atoms with E-state index < -0.39 is 39.8 Å². The standard InChI is InChI=1S/C21H30IN3O6S/c1-15(2)12-17(23)21(28)25(32(29,30)24-8-10-31-11-9-24)18(20(27)19(26)14-22)13-16-6-4-3-5-7-16/h3-7,15,17-18H,8-14,23H2,1-2H3/t17-,18-/m0/s1. The summed E-state index contributed by atoms with van der Waals surface area (Å²) in [6.07, 6.45) is 0.117. The second-order valence-corrected chi connectivity index (χ2v) is 10.6. The van der Waals surface area contributed by atoms with Crippen LogP contribution >= 0.6 is 22.6 Å². The number of amides is 1. The number of ether oxygens (including phenoxy) is 1. The third-order valence-corrected chi connectivity index (χ3v) is 7.70. The number of morpholine rings is 1. The summed E-state index contributed by atoms with van der Waals surface area (Å²) in [5.74, 6) is -2.54. The molecule has 2 rings (SSSR count). The van der Waals surface area contributed by atoms with Gasteiger partial charge in [-0.3, -0.25) is 14.4 Å². The summed E-state index contributed by atoms with van der Waals surface area (Å²) in [5, 5.41) is 0. The SMILES string of the molecule is CC(C)C[C@H](N)C(=O)N([C@@H](Cc1ccccc1)C(=O)C(=O)CI)S(=O)(=O)N1CCOCC1. The highest BCUT2D eigenvalue weighted by Gasteiger charge is 2.45. The summed E-state index contributed by atoms with van der Waals surface area (Å²) in [7, 11) is -4.43. The van der Waals surface area contributed by atoms with Crippen LogP contribution in [0.1, 0.15) is 25.8 Å². The summed E-state index contributed by atoms with van der Waals surface area (Å²) in [5.41, 5.74) is 6.71. The predicted octanol–water partition coefficient (Wildman–Crippen LogP) is 0.950. The van der Waals surface area contributed by atoms with Gasteiger partial charge in [0.1, 0.15) is 6.04 Å². The fourth-order valence-corrected chi connectivity index (χ4v) is 5.56. The summed E-state index contributed by atoms with van der Waals surface area (Å²) in [4.78, 5) is 38.9. The Labute approximate surface area is 203 Å². The number of rotatable bonds is 11. The van der Waals surface area contributed by atoms with Crippen LogP contribution in [0.5, 0.6) is 0 Å². The summed E-state index contributed by atoms with van der Waals surface area (Å²) in [6.45, 7) is 4.14. The average molecular weight is 579 g/mol. The van der Waals surface area contributed by atoms with Crippen LogP contribution in [0.3, 0.4) is 0 Å². The minimum Gasteiger partial charge on any atom is -0.379 e. The summed E-state index contributed by atoms with van der Waals surface area (Å²) < 4.78 is 34.0. The molecule has 0 aromatic heterocycles. The normalized spacial score (nSPS) is 17.0. The van der Waals surface area contributed by atoms with Crippen molar-refractivity contribution in [3.05, 3.63) is 35.9 Å². The van der Waals surface area contributed by atoms with Crippen molar-refractivity contribution in [1.82, 2.24) is 8.61 Å². The maximum Gasteiger partial charge on any atom is 0.307 e. The Morgan fingerprint density at radius 2 is 1.75 bits per heavy atom. The monoisotopic (exact) mass is 579 g/mol. The number of hydrogen-bond donors (Lipinski definition) is 1. The van der Waals surface area contributed by atoms with Crippen molar-refractivity contribution < 1.29 is 27.5 Å². The van der Waals surface area contributed by atoms with Crippen molar-refractivity contribution in [2.45, 2.75) is 38.8 Å². The van der Waals surface area contributed by atoms with Gasteiger partial charge in [0.15, 0.2) is 0 Å². The molecule has 0 spiro atoms. The molecule has 1 heterocycles. The Morgan fingerprint density at radius 3 is 2.28 bits per heavy atom. The molecule has 11 heteroatoms. The van der Waals surface area contributed by atoms with Gasteiger partial charge in [-0.25, -0.2) is 4.31 Å². The first-order valence-electron chi connectivity index (χ1n) is 10.4. The molecule has 1 fully saturated rings. The van der Waals surface area contributed by atoms with E-state index in [4.69, 9.17) is 10.5 Å². The van der Waals surface area contributed by atoms with Crippen molar-refractivity contribution in [2.75, 3.05) is 30.7 Å². The Morgan fingerprint density at radius 1 is 1.16 bits per heavy atom. The van der Waals surface area contributed by atoms with Crippen molar-refractivity contribution in [3.63, 3.8) is 0 Å². The van der Waals surface area contributed by atoms with Gasteiger partial charge in [0.25, 0.3) is 5.91 Å². The molecule has 1 aromatic rings. The van der Waals surface area contributed by atoms with Crippen LogP contribution in [0.2, 0.25) is 0 Å². The lowest BCUT2D eigenvalue weighted by molar-refractivity contribution is -0.141. The van der Waals surface area contributed by atoms with Crippen molar-refractivity contribution in [3.8, 4) is 0 Å². The van der Waals surface area contributed by atoms with Gasteiger partial charge in [-0.1, -0.05) is 66.8 Å². The van der Waals surface area contributed by atoms with Crippen LogP contribution < -0.4 is 5.73 Å². The zero-order valence-corrected chi connectivity index (χ0v) is 21.3. The lowest BCUT2D eigenvalue weighted by Gasteiger charge is -2.37. The number of carbonyl (C=O) groups excluding carboxylic acids is 3. The van der Waals surface area contributed by atoms with Gasteiger partial charge >= 0.3 is 10.2 Å². The molecule has 32 heavy (non-hydrogen) atoms. The molecule has 9 nitrogen and oxygen atoms in total. The summed E-state index contributed by atoms with van der Waals surface area (Å²) in [6, 6.07) is 6.04. The third-order valence-electron chi connectivity index (χ3n) is 5.06.